The van der Waals surface area contributed by atoms with Gasteiger partial charge >= 0.3 is 16.4 Å². The number of hydrogen-bond acceptors (Lipinski definition) is 8. The van der Waals surface area contributed by atoms with Crippen LogP contribution in [0, 0.1) is 0 Å². The van der Waals surface area contributed by atoms with Crippen molar-refractivity contribution in [2.24, 2.45) is 5.73 Å². The Labute approximate surface area is 148 Å². The Kier molecular flexibility index (Phi) is 5.03. The normalized spacial score (nSPS) is 31.3. The number of nitrogens with two attached hydrogens (primary N) is 1. The number of hydroxylamine groups is 3. The van der Waals surface area contributed by atoms with Gasteiger partial charge in [0.1, 0.15) is 6.04 Å². The Bertz CT molecular complexity index is 714. The first-order chi connectivity index (χ1) is 12.2. The molecule has 3 fully saturated rings. The van der Waals surface area contributed by atoms with Crippen LogP contribution in [-0.2, 0) is 29.1 Å². The van der Waals surface area contributed by atoms with Crippen LogP contribution in [0.1, 0.15) is 19.3 Å². The molecule has 4 atom stereocenters. The molecule has 0 aliphatic carbocycles. The molecule has 0 aromatic rings. The molecule has 0 saturated carbocycles. The second-order valence-corrected chi connectivity index (χ2v) is 7.32. The zero-order chi connectivity index (χ0) is 19.1. The first-order valence-electron chi connectivity index (χ1n) is 7.90. The molecule has 0 radical (unpaired) electrons. The molecule has 146 valence electrons. The lowest BCUT2D eigenvalue weighted by atomic mass is 10.0. The molecule has 2 bridgehead atoms. The molecule has 14 heteroatoms. The lowest BCUT2D eigenvalue weighted by Gasteiger charge is -2.29. The minimum Gasteiger partial charge on any atom is -0.368 e. The Morgan fingerprint density at radius 3 is 2.69 bits per heavy atom. The van der Waals surface area contributed by atoms with Crippen molar-refractivity contribution in [1.82, 2.24) is 20.8 Å². The Balaban J connectivity index is 1.55. The molecule has 3 rings (SSSR count). The average molecular weight is 393 g/mol. The number of hydrogen-bond donors (Lipinski definition) is 4. The molecular formula is C12H19N5O8S. The molecule has 13 nitrogen and oxygen atoms in total. The van der Waals surface area contributed by atoms with Gasteiger partial charge in [-0.25, -0.2) is 10.3 Å². The van der Waals surface area contributed by atoms with Crippen LogP contribution < -0.4 is 16.5 Å². The van der Waals surface area contributed by atoms with Crippen LogP contribution in [0.4, 0.5) is 4.79 Å². The molecule has 4 amide bonds. The van der Waals surface area contributed by atoms with Crippen molar-refractivity contribution in [1.29, 1.82) is 0 Å². The summed E-state index contributed by atoms with van der Waals surface area (Å²) in [6.07, 6.45) is 0.441. The number of amides is 4. The summed E-state index contributed by atoms with van der Waals surface area (Å²) in [7, 11) is -4.84. The summed E-state index contributed by atoms with van der Waals surface area (Å²) in [6.45, 7) is 0.417. The zero-order valence-corrected chi connectivity index (χ0v) is 14.3. The number of carbonyl (C=O) groups is 3. The molecule has 3 aliphatic heterocycles. The van der Waals surface area contributed by atoms with Crippen molar-refractivity contribution in [2.45, 2.75) is 43.5 Å². The Morgan fingerprint density at radius 1 is 1.35 bits per heavy atom. The molecule has 26 heavy (non-hydrogen) atoms. The average Bonchev–Trinajstić information content (AvgIpc) is 3.12. The van der Waals surface area contributed by atoms with Gasteiger partial charge in [0, 0.05) is 19.5 Å². The van der Waals surface area contributed by atoms with Crippen LogP contribution in [0.5, 0.6) is 0 Å². The number of fused-ring (bicyclic) bond motifs is 2. The number of carbonyl (C=O) groups excluding carboxylic acids is 3. The van der Waals surface area contributed by atoms with Gasteiger partial charge in [-0.05, 0) is 12.8 Å². The molecule has 5 N–H and O–H groups in total. The third-order valence-electron chi connectivity index (χ3n) is 4.56. The highest BCUT2D eigenvalue weighted by molar-refractivity contribution is 7.80. The highest BCUT2D eigenvalue weighted by Gasteiger charge is 2.49. The van der Waals surface area contributed by atoms with E-state index in [9.17, 15) is 22.8 Å². The summed E-state index contributed by atoms with van der Waals surface area (Å²) in [6, 6.07) is -2.81. The van der Waals surface area contributed by atoms with Crippen molar-refractivity contribution >= 4 is 28.2 Å². The van der Waals surface area contributed by atoms with E-state index in [1.165, 1.54) is 0 Å². The largest absolute Gasteiger partial charge is 0.418 e. The minimum absolute atomic E-state index is 0.0845. The van der Waals surface area contributed by atoms with Gasteiger partial charge in [-0.3, -0.25) is 19.0 Å². The Morgan fingerprint density at radius 2 is 2.08 bits per heavy atom. The molecule has 3 aliphatic rings. The quantitative estimate of drug-likeness (QED) is 0.275. The van der Waals surface area contributed by atoms with Gasteiger partial charge < -0.3 is 16.0 Å². The van der Waals surface area contributed by atoms with E-state index < -0.39 is 52.5 Å². The summed E-state index contributed by atoms with van der Waals surface area (Å²) in [5.41, 5.74) is 7.45. The molecular weight excluding hydrogens is 374 g/mol. The van der Waals surface area contributed by atoms with Gasteiger partial charge in [0.2, 0.25) is 5.91 Å². The third-order valence-corrected chi connectivity index (χ3v) is 4.91. The molecule has 0 spiro atoms. The SMILES string of the molecule is NC(=O)[C@H]1C[C@@H](ONC(=O)[C@@H]2CC[C@@H]3CN2C(=O)N3OS(=O)(=O)O)CN1. The van der Waals surface area contributed by atoms with E-state index in [0.717, 1.165) is 4.90 Å². The molecule has 0 aromatic carbocycles. The number of nitrogens with one attached hydrogen (secondary N) is 2. The van der Waals surface area contributed by atoms with Crippen LogP contribution >= 0.6 is 0 Å². The zero-order valence-electron chi connectivity index (χ0n) is 13.5. The summed E-state index contributed by atoms with van der Waals surface area (Å²) in [5.74, 6) is -1.09. The van der Waals surface area contributed by atoms with E-state index in [1.807, 2.05) is 0 Å². The summed E-state index contributed by atoms with van der Waals surface area (Å²) in [4.78, 5) is 42.0. The van der Waals surface area contributed by atoms with E-state index >= 15 is 0 Å². The van der Waals surface area contributed by atoms with E-state index in [2.05, 4.69) is 15.1 Å². The van der Waals surface area contributed by atoms with Crippen LogP contribution in [0.3, 0.4) is 0 Å². The first kappa shape index (κ1) is 18.8. The summed E-state index contributed by atoms with van der Waals surface area (Å²) in [5, 5.41) is 3.41. The highest BCUT2D eigenvalue weighted by atomic mass is 32.3. The highest BCUT2D eigenvalue weighted by Crippen LogP contribution is 2.30. The van der Waals surface area contributed by atoms with E-state index in [4.69, 9.17) is 15.1 Å². The minimum atomic E-state index is -4.84. The monoisotopic (exact) mass is 393 g/mol. The van der Waals surface area contributed by atoms with E-state index in [0.29, 0.717) is 24.4 Å². The van der Waals surface area contributed by atoms with Gasteiger partial charge in [-0.1, -0.05) is 0 Å². The first-order valence-corrected chi connectivity index (χ1v) is 9.27. The van der Waals surface area contributed by atoms with Crippen LogP contribution in [0.25, 0.3) is 0 Å². The Hall–Kier alpha value is -2.00. The van der Waals surface area contributed by atoms with E-state index in [-0.39, 0.29) is 13.0 Å². The lowest BCUT2D eigenvalue weighted by molar-refractivity contribution is -0.143. The molecule has 0 unspecified atom stereocenters. The summed E-state index contributed by atoms with van der Waals surface area (Å²) >= 11 is 0. The van der Waals surface area contributed by atoms with Gasteiger partial charge in [-0.2, -0.15) is 13.5 Å². The van der Waals surface area contributed by atoms with Crippen molar-refractivity contribution < 1.29 is 36.5 Å². The fourth-order valence-electron chi connectivity index (χ4n) is 3.32. The van der Waals surface area contributed by atoms with Crippen molar-refractivity contribution in [2.75, 3.05) is 13.1 Å². The van der Waals surface area contributed by atoms with Crippen LogP contribution in [0.2, 0.25) is 0 Å². The second-order valence-electron chi connectivity index (χ2n) is 6.32. The van der Waals surface area contributed by atoms with Gasteiger partial charge in [0.25, 0.3) is 5.91 Å². The maximum absolute atomic E-state index is 12.3. The second kappa shape index (κ2) is 6.96. The van der Waals surface area contributed by atoms with Gasteiger partial charge in [-0.15, -0.1) is 4.28 Å². The molecule has 3 heterocycles. The van der Waals surface area contributed by atoms with Crippen molar-refractivity contribution in [3.8, 4) is 0 Å². The predicted molar refractivity (Wildman–Crippen MR) is 82.0 cm³/mol. The molecule has 0 aromatic heterocycles. The summed E-state index contributed by atoms with van der Waals surface area (Å²) < 4.78 is 34.7. The number of nitrogens with zero attached hydrogens (tertiary/aromatic N) is 2. The number of urea groups is 1. The number of primary amides is 1. The smallest absolute Gasteiger partial charge is 0.368 e. The lowest BCUT2D eigenvalue weighted by Crippen LogP contribution is -2.50. The maximum Gasteiger partial charge on any atom is 0.418 e. The van der Waals surface area contributed by atoms with Crippen LogP contribution in [-0.4, -0.2) is 78.1 Å². The van der Waals surface area contributed by atoms with E-state index in [1.54, 1.807) is 0 Å². The molecule has 3 saturated heterocycles. The van der Waals surface area contributed by atoms with Crippen LogP contribution in [0.15, 0.2) is 0 Å². The van der Waals surface area contributed by atoms with Gasteiger partial charge in [0.05, 0.1) is 18.2 Å². The predicted octanol–water partition coefficient (Wildman–Crippen LogP) is -2.75. The fraction of sp³-hybridized carbons (Fsp3) is 0.750. The van der Waals surface area contributed by atoms with Crippen molar-refractivity contribution in [3.05, 3.63) is 0 Å². The maximum atomic E-state index is 12.3. The van der Waals surface area contributed by atoms with Crippen molar-refractivity contribution in [3.63, 3.8) is 0 Å². The van der Waals surface area contributed by atoms with Gasteiger partial charge in [0.15, 0.2) is 0 Å². The standard InChI is InChI=1S/C12H19N5O8S/c13-10(18)8-3-7(4-14-8)24-15-11(19)9-2-1-6-5-16(9)12(20)17(6)25-26(21,22)23/h6-9,14H,1-5H2,(H2,13,18)(H,15,19)(H,21,22,23)/t6-,7-,8-,9+/m1/s1. The third kappa shape index (κ3) is 3.88. The number of rotatable bonds is 6. The fourth-order valence-corrected chi connectivity index (χ4v) is 3.71. The number of piperidine rings is 1. The topological polar surface area (TPSA) is 181 Å².